The molecule has 2 N–H and O–H groups in total. The molecule has 0 bridgehead atoms. The molecule has 1 aliphatic rings. The number of carboxylic acids is 1. The molecule has 0 unspecified atom stereocenters. The summed E-state index contributed by atoms with van der Waals surface area (Å²) in [6.07, 6.45) is 7.74. The van der Waals surface area contributed by atoms with E-state index in [0.29, 0.717) is 11.4 Å². The molecule has 0 aliphatic heterocycles. The number of rotatable bonds is 9. The minimum atomic E-state index is -0.894. The highest BCUT2D eigenvalue weighted by Crippen LogP contribution is 2.31. The molecule has 7 heteroatoms. The number of nitrogens with one attached hydrogen (secondary N) is 1. The summed E-state index contributed by atoms with van der Waals surface area (Å²) in [7, 11) is 0. The van der Waals surface area contributed by atoms with Crippen LogP contribution in [-0.4, -0.2) is 38.2 Å². The average Bonchev–Trinajstić information content (AvgIpc) is 3.47. The van der Waals surface area contributed by atoms with Crippen molar-refractivity contribution in [1.29, 1.82) is 0 Å². The molecule has 36 heavy (non-hydrogen) atoms. The van der Waals surface area contributed by atoms with Gasteiger partial charge in [0.15, 0.2) is 5.82 Å². The van der Waals surface area contributed by atoms with Crippen molar-refractivity contribution < 1.29 is 9.90 Å². The Balaban J connectivity index is 1.37. The van der Waals surface area contributed by atoms with Crippen LogP contribution in [0.2, 0.25) is 0 Å². The molecule has 0 amide bonds. The van der Waals surface area contributed by atoms with Gasteiger partial charge in [-0.05, 0) is 57.7 Å². The highest BCUT2D eigenvalue weighted by atomic mass is 16.4. The lowest BCUT2D eigenvalue weighted by atomic mass is 9.87. The summed E-state index contributed by atoms with van der Waals surface area (Å²) >= 11 is 0. The number of anilines is 1. The molecule has 0 saturated heterocycles. The standard InChI is InChI=1S/C29H31N5O2/c35-29(36)24-9-6-10-25(19-24)34(18-17-21-7-2-1-3-8-21)20-22-13-15-23(16-14-22)26-11-4-5-12-27(26)28-30-32-33-31-28/h4-6,9-16,19,21H,1-3,7-8,17-18,20H2,(H,35,36)(H,30,31,32,33). The highest BCUT2D eigenvalue weighted by molar-refractivity contribution is 5.88. The Hall–Kier alpha value is -4.00. The Kier molecular flexibility index (Phi) is 7.36. The summed E-state index contributed by atoms with van der Waals surface area (Å²) in [5, 5.41) is 23.9. The number of aromatic nitrogens is 4. The molecule has 184 valence electrons. The van der Waals surface area contributed by atoms with Gasteiger partial charge in [0.1, 0.15) is 0 Å². The Labute approximate surface area is 211 Å². The van der Waals surface area contributed by atoms with E-state index in [1.165, 1.54) is 37.7 Å². The van der Waals surface area contributed by atoms with Crippen molar-refractivity contribution in [2.24, 2.45) is 5.92 Å². The molecule has 1 saturated carbocycles. The first kappa shape index (κ1) is 23.7. The van der Waals surface area contributed by atoms with Gasteiger partial charge in [0.25, 0.3) is 0 Å². The van der Waals surface area contributed by atoms with Gasteiger partial charge < -0.3 is 10.0 Å². The van der Waals surface area contributed by atoms with Gasteiger partial charge in [-0.3, -0.25) is 0 Å². The largest absolute Gasteiger partial charge is 0.478 e. The minimum absolute atomic E-state index is 0.323. The van der Waals surface area contributed by atoms with E-state index in [9.17, 15) is 9.90 Å². The maximum atomic E-state index is 11.6. The fourth-order valence-electron chi connectivity index (χ4n) is 5.17. The first-order chi connectivity index (χ1) is 17.7. The molecule has 0 atom stereocenters. The average molecular weight is 482 g/mol. The van der Waals surface area contributed by atoms with Crippen LogP contribution in [0, 0.1) is 5.92 Å². The van der Waals surface area contributed by atoms with Gasteiger partial charge in [0.2, 0.25) is 0 Å². The molecule has 0 radical (unpaired) electrons. The van der Waals surface area contributed by atoms with Crippen molar-refractivity contribution in [3.63, 3.8) is 0 Å². The molecular formula is C29H31N5O2. The van der Waals surface area contributed by atoms with E-state index in [1.807, 2.05) is 30.3 Å². The lowest BCUT2D eigenvalue weighted by molar-refractivity contribution is 0.0697. The van der Waals surface area contributed by atoms with Crippen molar-refractivity contribution in [2.45, 2.75) is 45.1 Å². The Morgan fingerprint density at radius 3 is 2.44 bits per heavy atom. The van der Waals surface area contributed by atoms with Crippen molar-refractivity contribution in [3.05, 3.63) is 83.9 Å². The highest BCUT2D eigenvalue weighted by Gasteiger charge is 2.17. The number of carboxylic acid groups (broad SMARTS) is 1. The lowest BCUT2D eigenvalue weighted by Crippen LogP contribution is -2.26. The Morgan fingerprint density at radius 2 is 1.72 bits per heavy atom. The van der Waals surface area contributed by atoms with Crippen LogP contribution in [0.1, 0.15) is 54.4 Å². The molecule has 1 fully saturated rings. The molecule has 1 aromatic heterocycles. The third-order valence-electron chi connectivity index (χ3n) is 7.16. The predicted molar refractivity (Wildman–Crippen MR) is 141 cm³/mol. The van der Waals surface area contributed by atoms with Gasteiger partial charge in [0, 0.05) is 24.3 Å². The van der Waals surface area contributed by atoms with Crippen LogP contribution in [0.4, 0.5) is 5.69 Å². The maximum absolute atomic E-state index is 11.6. The van der Waals surface area contributed by atoms with Crippen molar-refractivity contribution in [3.8, 4) is 22.5 Å². The third-order valence-corrected chi connectivity index (χ3v) is 7.16. The molecule has 0 spiro atoms. The number of tetrazole rings is 1. The van der Waals surface area contributed by atoms with Crippen molar-refractivity contribution in [1.82, 2.24) is 20.6 Å². The van der Waals surface area contributed by atoms with Gasteiger partial charge in [-0.2, -0.15) is 0 Å². The summed E-state index contributed by atoms with van der Waals surface area (Å²) in [6, 6.07) is 23.9. The summed E-state index contributed by atoms with van der Waals surface area (Å²) in [4.78, 5) is 13.9. The number of benzene rings is 3. The van der Waals surface area contributed by atoms with Gasteiger partial charge in [-0.15, -0.1) is 5.10 Å². The monoisotopic (exact) mass is 481 g/mol. The number of H-pyrrole nitrogens is 1. The minimum Gasteiger partial charge on any atom is -0.478 e. The van der Waals surface area contributed by atoms with Crippen molar-refractivity contribution >= 4 is 11.7 Å². The number of hydrogen-bond donors (Lipinski definition) is 2. The van der Waals surface area contributed by atoms with Gasteiger partial charge in [-0.1, -0.05) is 86.7 Å². The molecular weight excluding hydrogens is 450 g/mol. The molecule has 1 heterocycles. The van der Waals surface area contributed by atoms with Crippen LogP contribution < -0.4 is 4.90 Å². The second-order valence-electron chi connectivity index (χ2n) is 9.56. The van der Waals surface area contributed by atoms with E-state index in [2.05, 4.69) is 55.9 Å². The molecule has 7 nitrogen and oxygen atoms in total. The van der Waals surface area contributed by atoms with E-state index in [4.69, 9.17) is 0 Å². The topological polar surface area (TPSA) is 95.0 Å². The number of hydrogen-bond acceptors (Lipinski definition) is 5. The first-order valence-electron chi connectivity index (χ1n) is 12.7. The second kappa shape index (κ2) is 11.2. The van der Waals surface area contributed by atoms with Crippen LogP contribution >= 0.6 is 0 Å². The smallest absolute Gasteiger partial charge is 0.335 e. The predicted octanol–water partition coefficient (Wildman–Crippen LogP) is 6.21. The summed E-state index contributed by atoms with van der Waals surface area (Å²) in [6.45, 7) is 1.64. The fourth-order valence-corrected chi connectivity index (χ4v) is 5.17. The fraction of sp³-hybridized carbons (Fsp3) is 0.310. The van der Waals surface area contributed by atoms with Crippen LogP contribution in [0.3, 0.4) is 0 Å². The number of aromatic amines is 1. The summed E-state index contributed by atoms with van der Waals surface area (Å²) in [5.41, 5.74) is 5.57. The maximum Gasteiger partial charge on any atom is 0.335 e. The van der Waals surface area contributed by atoms with Crippen LogP contribution in [0.5, 0.6) is 0 Å². The Bertz CT molecular complexity index is 1280. The van der Waals surface area contributed by atoms with Gasteiger partial charge in [-0.25, -0.2) is 9.89 Å². The van der Waals surface area contributed by atoms with E-state index in [-0.39, 0.29) is 0 Å². The normalized spacial score (nSPS) is 14.0. The molecule has 4 aromatic rings. The van der Waals surface area contributed by atoms with Gasteiger partial charge in [0.05, 0.1) is 5.56 Å². The van der Waals surface area contributed by atoms with Gasteiger partial charge >= 0.3 is 5.97 Å². The third kappa shape index (κ3) is 5.62. The van der Waals surface area contributed by atoms with Crippen molar-refractivity contribution in [2.75, 3.05) is 11.4 Å². The second-order valence-corrected chi connectivity index (χ2v) is 9.56. The van der Waals surface area contributed by atoms with E-state index in [0.717, 1.165) is 47.8 Å². The van der Waals surface area contributed by atoms with E-state index in [1.54, 1.807) is 12.1 Å². The lowest BCUT2D eigenvalue weighted by Gasteiger charge is -2.29. The zero-order valence-corrected chi connectivity index (χ0v) is 20.3. The zero-order chi connectivity index (χ0) is 24.7. The van der Waals surface area contributed by atoms with Crippen LogP contribution in [-0.2, 0) is 6.54 Å². The summed E-state index contributed by atoms with van der Waals surface area (Å²) in [5.74, 6) is 0.504. The van der Waals surface area contributed by atoms with E-state index >= 15 is 0 Å². The number of carbonyl (C=O) groups is 1. The van der Waals surface area contributed by atoms with E-state index < -0.39 is 5.97 Å². The molecule has 1 aliphatic carbocycles. The molecule has 3 aromatic carbocycles. The van der Waals surface area contributed by atoms with Crippen LogP contribution in [0.15, 0.2) is 72.8 Å². The molecule has 5 rings (SSSR count). The number of nitrogens with zero attached hydrogens (tertiary/aromatic N) is 4. The number of aromatic carboxylic acids is 1. The first-order valence-corrected chi connectivity index (χ1v) is 12.7. The SMILES string of the molecule is O=C(O)c1cccc(N(CCC2CCCCC2)Cc2ccc(-c3ccccc3-c3nnn[nH]3)cc2)c1. The zero-order valence-electron chi connectivity index (χ0n) is 20.3. The van der Waals surface area contributed by atoms with Crippen LogP contribution in [0.25, 0.3) is 22.5 Å². The Morgan fingerprint density at radius 1 is 0.944 bits per heavy atom. The quantitative estimate of drug-likeness (QED) is 0.295. The summed E-state index contributed by atoms with van der Waals surface area (Å²) < 4.78 is 0.